The van der Waals surface area contributed by atoms with Crippen LogP contribution in [0.5, 0.6) is 0 Å². The Labute approximate surface area is 186 Å². The number of nitrogens with zero attached hydrogens (tertiary/aromatic N) is 3. The number of rotatable bonds is 6. The van der Waals surface area contributed by atoms with E-state index in [0.717, 1.165) is 35.2 Å². The van der Waals surface area contributed by atoms with Crippen LogP contribution in [0.3, 0.4) is 0 Å². The quantitative estimate of drug-likeness (QED) is 0.573. The van der Waals surface area contributed by atoms with Gasteiger partial charge in [0, 0.05) is 30.3 Å². The second kappa shape index (κ2) is 8.74. The van der Waals surface area contributed by atoms with Gasteiger partial charge in [-0.3, -0.25) is 4.79 Å². The SMILES string of the molecule is Cc1cccc(-c2noc(N3CCOCC3)c2CN(C(=O)c2cccc(F)c2)C2CC2)c1. The molecular formula is C25H26FN3O3. The normalized spacial score (nSPS) is 16.2. The van der Waals surface area contributed by atoms with Crippen LogP contribution in [-0.4, -0.2) is 48.3 Å². The van der Waals surface area contributed by atoms with Crippen molar-refractivity contribution in [2.24, 2.45) is 0 Å². The first-order chi connectivity index (χ1) is 15.6. The van der Waals surface area contributed by atoms with E-state index in [2.05, 4.69) is 16.1 Å². The number of anilines is 1. The van der Waals surface area contributed by atoms with Gasteiger partial charge >= 0.3 is 0 Å². The van der Waals surface area contributed by atoms with Gasteiger partial charge in [0.25, 0.3) is 5.91 Å². The van der Waals surface area contributed by atoms with E-state index < -0.39 is 5.82 Å². The van der Waals surface area contributed by atoms with Gasteiger partial charge in [-0.1, -0.05) is 35.0 Å². The van der Waals surface area contributed by atoms with E-state index in [1.165, 1.54) is 12.1 Å². The Kier molecular flexibility index (Phi) is 5.66. The lowest BCUT2D eigenvalue weighted by molar-refractivity contribution is 0.0729. The Hall–Kier alpha value is -3.19. The molecule has 166 valence electrons. The molecule has 1 aliphatic carbocycles. The highest BCUT2D eigenvalue weighted by atomic mass is 19.1. The maximum atomic E-state index is 13.8. The van der Waals surface area contributed by atoms with Crippen LogP contribution in [0.2, 0.25) is 0 Å². The molecule has 3 aromatic rings. The number of benzene rings is 2. The largest absolute Gasteiger partial charge is 0.378 e. The Morgan fingerprint density at radius 2 is 1.94 bits per heavy atom. The van der Waals surface area contributed by atoms with Gasteiger partial charge in [0.15, 0.2) is 0 Å². The van der Waals surface area contributed by atoms with Gasteiger partial charge in [0.05, 0.1) is 25.3 Å². The standard InChI is InChI=1S/C25H26FN3O3/c1-17-4-2-5-18(14-17)23-22(25(32-27-23)28-10-12-31-13-11-28)16-29(21-8-9-21)24(30)19-6-3-7-20(26)15-19/h2-7,14-15,21H,8-13,16H2,1H3. The molecule has 32 heavy (non-hydrogen) atoms. The van der Waals surface area contributed by atoms with Crippen LogP contribution >= 0.6 is 0 Å². The summed E-state index contributed by atoms with van der Waals surface area (Å²) in [6.45, 7) is 5.05. The molecule has 0 bridgehead atoms. The molecule has 0 radical (unpaired) electrons. The zero-order valence-electron chi connectivity index (χ0n) is 18.1. The maximum absolute atomic E-state index is 13.8. The molecule has 0 spiro atoms. The van der Waals surface area contributed by atoms with Gasteiger partial charge in [-0.25, -0.2) is 4.39 Å². The molecule has 6 nitrogen and oxygen atoms in total. The van der Waals surface area contributed by atoms with Crippen molar-refractivity contribution in [1.82, 2.24) is 10.1 Å². The molecule has 1 amide bonds. The number of amides is 1. The molecule has 1 aliphatic heterocycles. The van der Waals surface area contributed by atoms with Gasteiger partial charge in [-0.05, 0) is 44.0 Å². The van der Waals surface area contributed by atoms with E-state index in [9.17, 15) is 9.18 Å². The summed E-state index contributed by atoms with van der Waals surface area (Å²) in [6.07, 6.45) is 1.89. The summed E-state index contributed by atoms with van der Waals surface area (Å²) < 4.78 is 25.2. The fourth-order valence-corrected chi connectivity index (χ4v) is 4.19. The molecule has 0 atom stereocenters. The second-order valence-electron chi connectivity index (χ2n) is 8.46. The van der Waals surface area contributed by atoms with E-state index in [0.29, 0.717) is 44.3 Å². The molecule has 1 saturated carbocycles. The van der Waals surface area contributed by atoms with Crippen LogP contribution in [0.1, 0.15) is 34.3 Å². The van der Waals surface area contributed by atoms with E-state index in [1.54, 1.807) is 12.1 Å². The number of halogens is 1. The van der Waals surface area contributed by atoms with Gasteiger partial charge in [-0.15, -0.1) is 0 Å². The predicted octanol–water partition coefficient (Wildman–Crippen LogP) is 4.43. The molecule has 1 aromatic heterocycles. The summed E-state index contributed by atoms with van der Waals surface area (Å²) in [4.78, 5) is 17.3. The highest BCUT2D eigenvalue weighted by Crippen LogP contribution is 2.37. The highest BCUT2D eigenvalue weighted by molar-refractivity contribution is 5.94. The molecule has 2 heterocycles. The molecule has 2 fully saturated rings. The zero-order chi connectivity index (χ0) is 22.1. The van der Waals surface area contributed by atoms with Crippen molar-refractivity contribution in [3.63, 3.8) is 0 Å². The number of carbonyl (C=O) groups excluding carboxylic acids is 1. The lowest BCUT2D eigenvalue weighted by Gasteiger charge is -2.28. The van der Waals surface area contributed by atoms with Crippen LogP contribution < -0.4 is 4.90 Å². The number of aromatic nitrogens is 1. The first-order valence-corrected chi connectivity index (χ1v) is 11.0. The second-order valence-corrected chi connectivity index (χ2v) is 8.46. The fourth-order valence-electron chi connectivity index (χ4n) is 4.19. The predicted molar refractivity (Wildman–Crippen MR) is 119 cm³/mol. The smallest absolute Gasteiger partial charge is 0.254 e. The van der Waals surface area contributed by atoms with Crippen molar-refractivity contribution in [3.8, 4) is 11.3 Å². The lowest BCUT2D eigenvalue weighted by atomic mass is 10.0. The minimum atomic E-state index is -0.411. The third kappa shape index (κ3) is 4.25. The number of hydrogen-bond donors (Lipinski definition) is 0. The summed E-state index contributed by atoms with van der Waals surface area (Å²) in [7, 11) is 0. The molecule has 2 aromatic carbocycles. The maximum Gasteiger partial charge on any atom is 0.254 e. The van der Waals surface area contributed by atoms with E-state index in [-0.39, 0.29) is 11.9 Å². The molecule has 2 aliphatic rings. The number of hydrogen-bond acceptors (Lipinski definition) is 5. The molecule has 5 rings (SSSR count). The van der Waals surface area contributed by atoms with Gasteiger partial charge in [-0.2, -0.15) is 0 Å². The van der Waals surface area contributed by atoms with Gasteiger partial charge in [0.1, 0.15) is 11.5 Å². The average molecular weight is 435 g/mol. The highest BCUT2D eigenvalue weighted by Gasteiger charge is 2.36. The molecule has 1 saturated heterocycles. The van der Waals surface area contributed by atoms with Crippen LogP contribution in [0, 0.1) is 12.7 Å². The Bertz CT molecular complexity index is 1120. The van der Waals surface area contributed by atoms with Crippen molar-refractivity contribution in [2.45, 2.75) is 32.4 Å². The summed E-state index contributed by atoms with van der Waals surface area (Å²) in [5.74, 6) is 0.102. The van der Waals surface area contributed by atoms with Crippen LogP contribution in [-0.2, 0) is 11.3 Å². The fraction of sp³-hybridized carbons (Fsp3) is 0.360. The zero-order valence-corrected chi connectivity index (χ0v) is 18.1. The number of carbonyl (C=O) groups is 1. The lowest BCUT2D eigenvalue weighted by Crippen LogP contribution is -2.37. The Balaban J connectivity index is 1.53. The molecule has 0 unspecified atom stereocenters. The van der Waals surface area contributed by atoms with E-state index >= 15 is 0 Å². The number of ether oxygens (including phenoxy) is 1. The Morgan fingerprint density at radius 1 is 1.16 bits per heavy atom. The van der Waals surface area contributed by atoms with Crippen LogP contribution in [0.25, 0.3) is 11.3 Å². The summed E-state index contributed by atoms with van der Waals surface area (Å²) in [6, 6.07) is 14.1. The topological polar surface area (TPSA) is 58.8 Å². The molecule has 7 heteroatoms. The van der Waals surface area contributed by atoms with Crippen LogP contribution in [0.4, 0.5) is 10.3 Å². The van der Waals surface area contributed by atoms with Crippen molar-refractivity contribution in [2.75, 3.05) is 31.2 Å². The third-order valence-corrected chi connectivity index (χ3v) is 6.01. The van der Waals surface area contributed by atoms with Crippen LogP contribution in [0.15, 0.2) is 53.1 Å². The Morgan fingerprint density at radius 3 is 2.66 bits per heavy atom. The minimum absolute atomic E-state index is 0.142. The van der Waals surface area contributed by atoms with E-state index in [1.807, 2.05) is 30.0 Å². The average Bonchev–Trinajstić information content (AvgIpc) is 3.56. The summed E-state index contributed by atoms with van der Waals surface area (Å²) in [5, 5.41) is 4.43. The first-order valence-electron chi connectivity index (χ1n) is 11.0. The van der Waals surface area contributed by atoms with Gasteiger partial charge in [0.2, 0.25) is 5.88 Å². The number of aryl methyl sites for hydroxylation is 1. The molecule has 0 N–H and O–H groups in total. The monoisotopic (exact) mass is 435 g/mol. The van der Waals surface area contributed by atoms with E-state index in [4.69, 9.17) is 9.26 Å². The van der Waals surface area contributed by atoms with Crippen molar-refractivity contribution < 1.29 is 18.4 Å². The summed E-state index contributed by atoms with van der Waals surface area (Å²) >= 11 is 0. The third-order valence-electron chi connectivity index (χ3n) is 6.01. The molecular weight excluding hydrogens is 409 g/mol. The summed E-state index contributed by atoms with van der Waals surface area (Å²) in [5.41, 5.74) is 4.07. The minimum Gasteiger partial charge on any atom is -0.378 e. The first kappa shape index (κ1) is 20.7. The van der Waals surface area contributed by atoms with Crippen molar-refractivity contribution in [3.05, 3.63) is 71.0 Å². The van der Waals surface area contributed by atoms with Crippen molar-refractivity contribution >= 4 is 11.8 Å². The number of morpholine rings is 1. The van der Waals surface area contributed by atoms with Gasteiger partial charge < -0.3 is 19.1 Å². The van der Waals surface area contributed by atoms with Crippen molar-refractivity contribution in [1.29, 1.82) is 0 Å².